The molecule has 5 heteroatoms. The largest absolute Gasteiger partial charge is 0.366 e. The van der Waals surface area contributed by atoms with Crippen LogP contribution in [-0.4, -0.2) is 17.9 Å². The van der Waals surface area contributed by atoms with Crippen LogP contribution in [0.15, 0.2) is 24.3 Å². The molecule has 16 heavy (non-hydrogen) atoms. The van der Waals surface area contributed by atoms with Crippen LogP contribution in [0.25, 0.3) is 0 Å². The van der Waals surface area contributed by atoms with Crippen molar-refractivity contribution < 1.29 is 9.59 Å². The second kappa shape index (κ2) is 5.27. The van der Waals surface area contributed by atoms with Gasteiger partial charge in [-0.05, 0) is 30.7 Å². The Kier molecular flexibility index (Phi) is 4.02. The van der Waals surface area contributed by atoms with E-state index in [4.69, 9.17) is 11.5 Å². The molecule has 1 rings (SSSR count). The molecule has 5 nitrogen and oxygen atoms in total. The van der Waals surface area contributed by atoms with Gasteiger partial charge in [-0.2, -0.15) is 0 Å². The van der Waals surface area contributed by atoms with E-state index in [-0.39, 0.29) is 5.91 Å². The molecule has 1 aromatic carbocycles. The lowest BCUT2D eigenvalue weighted by molar-refractivity contribution is -0.117. The smallest absolute Gasteiger partial charge is 0.248 e. The predicted octanol–water partition coefficient (Wildman–Crippen LogP) is 0.461. The van der Waals surface area contributed by atoms with Gasteiger partial charge in [-0.25, -0.2) is 0 Å². The molecule has 0 spiro atoms. The number of primary amides is 1. The topological polar surface area (TPSA) is 98.2 Å². The fraction of sp³-hybridized carbons (Fsp3) is 0.273. The summed E-state index contributed by atoms with van der Waals surface area (Å²) in [6.45, 7) is 1.83. The second-order valence-corrected chi connectivity index (χ2v) is 3.45. The zero-order chi connectivity index (χ0) is 12.1. The van der Waals surface area contributed by atoms with Gasteiger partial charge in [0.2, 0.25) is 11.8 Å². The molecule has 0 aliphatic heterocycles. The van der Waals surface area contributed by atoms with E-state index in [1.807, 2.05) is 6.92 Å². The lowest BCUT2D eigenvalue weighted by Gasteiger charge is -2.09. The molecule has 1 aromatic rings. The van der Waals surface area contributed by atoms with Crippen LogP contribution < -0.4 is 16.8 Å². The number of anilines is 1. The Bertz CT molecular complexity index is 387. The summed E-state index contributed by atoms with van der Waals surface area (Å²) >= 11 is 0. The van der Waals surface area contributed by atoms with Gasteiger partial charge in [-0.1, -0.05) is 6.92 Å². The number of hydrogen-bond acceptors (Lipinski definition) is 3. The molecule has 5 N–H and O–H groups in total. The molecular weight excluding hydrogens is 206 g/mol. The van der Waals surface area contributed by atoms with Gasteiger partial charge in [0.25, 0.3) is 0 Å². The van der Waals surface area contributed by atoms with E-state index in [9.17, 15) is 9.59 Å². The molecule has 0 bridgehead atoms. The van der Waals surface area contributed by atoms with E-state index < -0.39 is 11.9 Å². The maximum Gasteiger partial charge on any atom is 0.248 e. The van der Waals surface area contributed by atoms with Crippen LogP contribution in [0.1, 0.15) is 23.7 Å². The van der Waals surface area contributed by atoms with Crippen LogP contribution in [0.5, 0.6) is 0 Å². The highest BCUT2D eigenvalue weighted by molar-refractivity contribution is 5.96. The summed E-state index contributed by atoms with van der Waals surface area (Å²) in [5, 5.41) is 2.64. The van der Waals surface area contributed by atoms with Gasteiger partial charge >= 0.3 is 0 Å². The number of nitrogens with two attached hydrogens (primary N) is 2. The van der Waals surface area contributed by atoms with Crippen molar-refractivity contribution >= 4 is 17.5 Å². The third-order valence-electron chi connectivity index (χ3n) is 2.21. The first-order valence-electron chi connectivity index (χ1n) is 5.01. The average Bonchev–Trinajstić information content (AvgIpc) is 2.28. The van der Waals surface area contributed by atoms with E-state index in [0.29, 0.717) is 17.7 Å². The minimum Gasteiger partial charge on any atom is -0.366 e. The van der Waals surface area contributed by atoms with E-state index in [1.165, 1.54) is 0 Å². The highest BCUT2D eigenvalue weighted by atomic mass is 16.2. The highest BCUT2D eigenvalue weighted by Crippen LogP contribution is 2.09. The average molecular weight is 221 g/mol. The minimum absolute atomic E-state index is 0.241. The normalized spacial score (nSPS) is 11.9. The van der Waals surface area contributed by atoms with Crippen molar-refractivity contribution in [3.63, 3.8) is 0 Å². The Morgan fingerprint density at radius 3 is 2.31 bits per heavy atom. The summed E-state index contributed by atoms with van der Waals surface area (Å²) in [7, 11) is 0. The molecule has 0 saturated carbocycles. The molecular formula is C11H15N3O2. The summed E-state index contributed by atoms with van der Waals surface area (Å²) < 4.78 is 0. The zero-order valence-corrected chi connectivity index (χ0v) is 9.07. The molecule has 0 saturated heterocycles. The molecule has 0 aromatic heterocycles. The number of hydrogen-bond donors (Lipinski definition) is 3. The van der Waals surface area contributed by atoms with E-state index in [0.717, 1.165) is 0 Å². The number of rotatable bonds is 4. The summed E-state index contributed by atoms with van der Waals surface area (Å²) in [4.78, 5) is 22.2. The number of amides is 2. The molecule has 0 radical (unpaired) electrons. The molecule has 0 aliphatic rings. The monoisotopic (exact) mass is 221 g/mol. The maximum atomic E-state index is 11.4. The van der Waals surface area contributed by atoms with Crippen molar-refractivity contribution in [3.8, 4) is 0 Å². The molecule has 86 valence electrons. The quantitative estimate of drug-likeness (QED) is 0.688. The Balaban J connectivity index is 2.69. The lowest BCUT2D eigenvalue weighted by Crippen LogP contribution is -2.34. The van der Waals surface area contributed by atoms with Crippen molar-refractivity contribution in [1.29, 1.82) is 0 Å². The highest BCUT2D eigenvalue weighted by Gasteiger charge is 2.10. The van der Waals surface area contributed by atoms with E-state index in [1.54, 1.807) is 24.3 Å². The molecule has 0 fully saturated rings. The summed E-state index contributed by atoms with van der Waals surface area (Å²) in [5.74, 6) is -0.738. The summed E-state index contributed by atoms with van der Waals surface area (Å²) in [6, 6.07) is 5.81. The Hall–Kier alpha value is -1.88. The molecule has 0 aliphatic carbocycles. The van der Waals surface area contributed by atoms with Crippen LogP contribution in [0.4, 0.5) is 5.69 Å². The number of benzene rings is 1. The van der Waals surface area contributed by atoms with Gasteiger partial charge in [0.15, 0.2) is 0 Å². The standard InChI is InChI=1S/C11H15N3O2/c1-2-9(12)11(16)14-8-5-3-7(4-6-8)10(13)15/h3-6,9H,2,12H2,1H3,(H2,13,15)(H,14,16)/t9-/m0/s1. The van der Waals surface area contributed by atoms with Gasteiger partial charge in [0.1, 0.15) is 0 Å². The van der Waals surface area contributed by atoms with E-state index in [2.05, 4.69) is 5.32 Å². The zero-order valence-electron chi connectivity index (χ0n) is 9.07. The Labute approximate surface area is 93.8 Å². The molecule has 1 atom stereocenters. The van der Waals surface area contributed by atoms with Gasteiger partial charge < -0.3 is 16.8 Å². The minimum atomic E-state index is -0.518. The van der Waals surface area contributed by atoms with Crippen molar-refractivity contribution in [3.05, 3.63) is 29.8 Å². The predicted molar refractivity (Wildman–Crippen MR) is 61.9 cm³/mol. The van der Waals surface area contributed by atoms with Crippen LogP contribution >= 0.6 is 0 Å². The van der Waals surface area contributed by atoms with Gasteiger partial charge in [0, 0.05) is 11.3 Å². The number of nitrogens with one attached hydrogen (secondary N) is 1. The first kappa shape index (κ1) is 12.2. The van der Waals surface area contributed by atoms with Gasteiger partial charge in [0.05, 0.1) is 6.04 Å². The van der Waals surface area contributed by atoms with Crippen LogP contribution in [-0.2, 0) is 4.79 Å². The van der Waals surface area contributed by atoms with Crippen molar-refractivity contribution in [2.45, 2.75) is 19.4 Å². The Morgan fingerprint density at radius 2 is 1.88 bits per heavy atom. The fourth-order valence-corrected chi connectivity index (χ4v) is 1.14. The van der Waals surface area contributed by atoms with Crippen LogP contribution in [0, 0.1) is 0 Å². The fourth-order valence-electron chi connectivity index (χ4n) is 1.14. The molecule has 0 heterocycles. The number of carbonyl (C=O) groups is 2. The van der Waals surface area contributed by atoms with Crippen LogP contribution in [0.3, 0.4) is 0 Å². The van der Waals surface area contributed by atoms with Gasteiger partial charge in [-0.15, -0.1) is 0 Å². The van der Waals surface area contributed by atoms with Crippen molar-refractivity contribution in [2.24, 2.45) is 11.5 Å². The van der Waals surface area contributed by atoms with Gasteiger partial charge in [-0.3, -0.25) is 9.59 Å². The van der Waals surface area contributed by atoms with Crippen molar-refractivity contribution in [2.75, 3.05) is 5.32 Å². The van der Waals surface area contributed by atoms with Crippen LogP contribution in [0.2, 0.25) is 0 Å². The third kappa shape index (κ3) is 3.06. The Morgan fingerprint density at radius 1 is 1.31 bits per heavy atom. The second-order valence-electron chi connectivity index (χ2n) is 3.45. The first-order chi connectivity index (χ1) is 7.54. The summed E-state index contributed by atoms with van der Waals surface area (Å²) in [5.41, 5.74) is 11.6. The maximum absolute atomic E-state index is 11.4. The van der Waals surface area contributed by atoms with E-state index >= 15 is 0 Å². The molecule has 2 amide bonds. The third-order valence-corrected chi connectivity index (χ3v) is 2.21. The van der Waals surface area contributed by atoms with Crippen molar-refractivity contribution in [1.82, 2.24) is 0 Å². The molecule has 0 unspecified atom stereocenters. The first-order valence-corrected chi connectivity index (χ1v) is 5.01. The lowest BCUT2D eigenvalue weighted by atomic mass is 10.2. The summed E-state index contributed by atoms with van der Waals surface area (Å²) in [6.07, 6.45) is 0.575. The SMILES string of the molecule is CC[C@H](N)C(=O)Nc1ccc(C(N)=O)cc1. The number of carbonyl (C=O) groups excluding carboxylic acids is 2.